The molecular formula is C27H27N3O2. The molecule has 0 unspecified atom stereocenters. The Morgan fingerprint density at radius 1 is 0.938 bits per heavy atom. The second-order valence-electron chi connectivity index (χ2n) is 8.32. The van der Waals surface area contributed by atoms with E-state index in [1.807, 2.05) is 95.3 Å². The molecule has 1 amide bonds. The normalized spacial score (nSPS) is 14.2. The predicted molar refractivity (Wildman–Crippen MR) is 126 cm³/mol. The van der Waals surface area contributed by atoms with Crippen LogP contribution in [0.15, 0.2) is 78.9 Å². The molecule has 4 aromatic rings. The fraction of sp³-hybridized carbons (Fsp3) is 0.259. The maximum absolute atomic E-state index is 13.0. The summed E-state index contributed by atoms with van der Waals surface area (Å²) in [5, 5.41) is 12.2. The molecule has 162 valence electrons. The number of fused-ring (bicyclic) bond motifs is 1. The summed E-state index contributed by atoms with van der Waals surface area (Å²) in [6.45, 7) is 4.29. The summed E-state index contributed by atoms with van der Waals surface area (Å²) in [6, 6.07) is 24.9. The smallest absolute Gasteiger partial charge is 0.253 e. The monoisotopic (exact) mass is 425 g/mol. The number of amides is 1. The third-order valence-corrected chi connectivity index (χ3v) is 6.41. The Balaban J connectivity index is 1.70. The first-order valence-corrected chi connectivity index (χ1v) is 11.3. The number of aromatic nitrogens is 2. The lowest BCUT2D eigenvalue weighted by Gasteiger charge is -2.29. The van der Waals surface area contributed by atoms with Gasteiger partial charge in [0.05, 0.1) is 11.0 Å². The highest BCUT2D eigenvalue weighted by Gasteiger charge is 2.38. The minimum atomic E-state index is -1.42. The zero-order valence-corrected chi connectivity index (χ0v) is 18.2. The first-order valence-electron chi connectivity index (χ1n) is 11.3. The van der Waals surface area contributed by atoms with Crippen LogP contribution in [0, 0.1) is 0 Å². The van der Waals surface area contributed by atoms with Crippen LogP contribution in [0.1, 0.15) is 47.1 Å². The molecule has 0 aliphatic carbocycles. The SMILES string of the molecule is CCn1c(C(O)(c2ccccc2)c2ccccc2)nc2ccc(C(=O)N3CCCC3)cc21. The summed E-state index contributed by atoms with van der Waals surface area (Å²) in [4.78, 5) is 19.8. The van der Waals surface area contributed by atoms with Crippen LogP contribution in [-0.2, 0) is 12.1 Å². The zero-order chi connectivity index (χ0) is 22.1. The van der Waals surface area contributed by atoms with Crippen molar-refractivity contribution in [2.75, 3.05) is 13.1 Å². The molecule has 1 N–H and O–H groups in total. The lowest BCUT2D eigenvalue weighted by molar-refractivity contribution is 0.0793. The highest BCUT2D eigenvalue weighted by molar-refractivity contribution is 5.97. The molecule has 1 aromatic heterocycles. The van der Waals surface area contributed by atoms with E-state index in [4.69, 9.17) is 4.98 Å². The van der Waals surface area contributed by atoms with Crippen LogP contribution in [-0.4, -0.2) is 38.6 Å². The van der Waals surface area contributed by atoms with Crippen LogP contribution in [0.3, 0.4) is 0 Å². The molecule has 1 fully saturated rings. The Kier molecular flexibility index (Phi) is 5.27. The molecule has 32 heavy (non-hydrogen) atoms. The average Bonchev–Trinajstić information content (AvgIpc) is 3.52. The number of aryl methyl sites for hydroxylation is 1. The van der Waals surface area contributed by atoms with Gasteiger partial charge in [0.15, 0.2) is 11.4 Å². The molecule has 5 nitrogen and oxygen atoms in total. The van der Waals surface area contributed by atoms with Crippen LogP contribution in [0.5, 0.6) is 0 Å². The van der Waals surface area contributed by atoms with Crippen molar-refractivity contribution in [3.8, 4) is 0 Å². The molecule has 0 atom stereocenters. The summed E-state index contributed by atoms with van der Waals surface area (Å²) in [6.07, 6.45) is 2.12. The lowest BCUT2D eigenvalue weighted by atomic mass is 9.85. The number of rotatable bonds is 5. The van der Waals surface area contributed by atoms with Gasteiger partial charge in [0, 0.05) is 25.2 Å². The zero-order valence-electron chi connectivity index (χ0n) is 18.2. The van der Waals surface area contributed by atoms with E-state index in [1.54, 1.807) is 0 Å². The maximum Gasteiger partial charge on any atom is 0.253 e. The largest absolute Gasteiger partial charge is 0.373 e. The van der Waals surface area contributed by atoms with Gasteiger partial charge in [0.1, 0.15) is 0 Å². The minimum Gasteiger partial charge on any atom is -0.373 e. The summed E-state index contributed by atoms with van der Waals surface area (Å²) < 4.78 is 2.02. The Hall–Kier alpha value is -3.44. The van der Waals surface area contributed by atoms with Crippen molar-refractivity contribution in [3.63, 3.8) is 0 Å². The molecule has 0 bridgehead atoms. The van der Waals surface area contributed by atoms with Crippen molar-refractivity contribution >= 4 is 16.9 Å². The molecule has 0 saturated carbocycles. The molecule has 0 spiro atoms. The van der Waals surface area contributed by atoms with E-state index in [0.29, 0.717) is 17.9 Å². The Morgan fingerprint density at radius 2 is 1.53 bits per heavy atom. The third-order valence-electron chi connectivity index (χ3n) is 6.41. The molecule has 1 saturated heterocycles. The van der Waals surface area contributed by atoms with Crippen LogP contribution >= 0.6 is 0 Å². The van der Waals surface area contributed by atoms with Gasteiger partial charge in [-0.1, -0.05) is 60.7 Å². The number of carbonyl (C=O) groups is 1. The highest BCUT2D eigenvalue weighted by atomic mass is 16.3. The van der Waals surface area contributed by atoms with Crippen LogP contribution in [0.4, 0.5) is 0 Å². The Bertz CT molecular complexity index is 1200. The number of benzene rings is 3. The number of aliphatic hydroxyl groups is 1. The van der Waals surface area contributed by atoms with E-state index < -0.39 is 5.60 Å². The van der Waals surface area contributed by atoms with Gasteiger partial charge in [-0.05, 0) is 49.1 Å². The van der Waals surface area contributed by atoms with Gasteiger partial charge < -0.3 is 14.6 Å². The van der Waals surface area contributed by atoms with Crippen molar-refractivity contribution in [1.29, 1.82) is 0 Å². The third kappa shape index (κ3) is 3.30. The van der Waals surface area contributed by atoms with Crippen LogP contribution in [0.25, 0.3) is 11.0 Å². The second-order valence-corrected chi connectivity index (χ2v) is 8.32. The molecule has 5 rings (SSSR count). The number of carbonyl (C=O) groups excluding carboxylic acids is 1. The predicted octanol–water partition coefficient (Wildman–Crippen LogP) is 4.58. The average molecular weight is 426 g/mol. The second kappa shape index (κ2) is 8.24. The van der Waals surface area contributed by atoms with E-state index in [-0.39, 0.29) is 5.91 Å². The highest BCUT2D eigenvalue weighted by Crippen LogP contribution is 2.37. The lowest BCUT2D eigenvalue weighted by Crippen LogP contribution is -2.32. The molecule has 5 heteroatoms. The Labute approximate surface area is 187 Å². The molecule has 1 aliphatic rings. The quantitative estimate of drug-likeness (QED) is 0.509. The van der Waals surface area contributed by atoms with Crippen molar-refractivity contribution in [2.45, 2.75) is 31.9 Å². The molecule has 0 radical (unpaired) electrons. The topological polar surface area (TPSA) is 58.4 Å². The van der Waals surface area contributed by atoms with Crippen molar-refractivity contribution < 1.29 is 9.90 Å². The molecule has 1 aliphatic heterocycles. The standard InChI is InChI=1S/C27H27N3O2/c1-2-30-24-19-20(25(31)29-17-9-10-18-29)15-16-23(24)28-26(30)27(32,21-11-5-3-6-12-21)22-13-7-4-8-14-22/h3-8,11-16,19,32H,2,9-10,17-18H2,1H3. The summed E-state index contributed by atoms with van der Waals surface area (Å²) >= 11 is 0. The minimum absolute atomic E-state index is 0.0659. The first kappa shape index (κ1) is 20.5. The van der Waals surface area contributed by atoms with E-state index in [9.17, 15) is 9.90 Å². The number of nitrogens with zero attached hydrogens (tertiary/aromatic N) is 3. The van der Waals surface area contributed by atoms with Crippen molar-refractivity contribution in [3.05, 3.63) is 101 Å². The van der Waals surface area contributed by atoms with Gasteiger partial charge in [0.2, 0.25) is 0 Å². The van der Waals surface area contributed by atoms with Gasteiger partial charge in [-0.15, -0.1) is 0 Å². The number of likely N-dealkylation sites (tertiary alicyclic amines) is 1. The Morgan fingerprint density at radius 3 is 2.09 bits per heavy atom. The fourth-order valence-corrected chi connectivity index (χ4v) is 4.74. The van der Waals surface area contributed by atoms with Crippen LogP contribution in [0.2, 0.25) is 0 Å². The molecule has 2 heterocycles. The number of hydrogen-bond acceptors (Lipinski definition) is 3. The summed E-state index contributed by atoms with van der Waals surface area (Å²) in [5.41, 5.74) is 2.39. The fourth-order valence-electron chi connectivity index (χ4n) is 4.74. The van der Waals surface area contributed by atoms with Crippen molar-refractivity contribution in [2.24, 2.45) is 0 Å². The van der Waals surface area contributed by atoms with E-state index in [0.717, 1.165) is 48.1 Å². The first-order chi connectivity index (χ1) is 15.6. The molecule has 3 aromatic carbocycles. The van der Waals surface area contributed by atoms with Gasteiger partial charge >= 0.3 is 0 Å². The van der Waals surface area contributed by atoms with Gasteiger partial charge in [-0.2, -0.15) is 0 Å². The van der Waals surface area contributed by atoms with Gasteiger partial charge in [-0.25, -0.2) is 4.98 Å². The van der Waals surface area contributed by atoms with Gasteiger partial charge in [-0.3, -0.25) is 4.79 Å². The van der Waals surface area contributed by atoms with E-state index in [1.165, 1.54) is 0 Å². The maximum atomic E-state index is 13.0. The van der Waals surface area contributed by atoms with E-state index in [2.05, 4.69) is 0 Å². The van der Waals surface area contributed by atoms with Gasteiger partial charge in [0.25, 0.3) is 5.91 Å². The van der Waals surface area contributed by atoms with Crippen LogP contribution < -0.4 is 0 Å². The van der Waals surface area contributed by atoms with E-state index >= 15 is 0 Å². The molecular weight excluding hydrogens is 398 g/mol. The van der Waals surface area contributed by atoms with Crippen molar-refractivity contribution in [1.82, 2.24) is 14.5 Å². The summed E-state index contributed by atoms with van der Waals surface area (Å²) in [7, 11) is 0. The summed E-state index contributed by atoms with van der Waals surface area (Å²) in [5.74, 6) is 0.620. The number of hydrogen-bond donors (Lipinski definition) is 1. The number of imidazole rings is 1.